The minimum atomic E-state index is 0.489. The van der Waals surface area contributed by atoms with E-state index in [4.69, 9.17) is 4.42 Å². The van der Waals surface area contributed by atoms with Crippen LogP contribution in [0.3, 0.4) is 0 Å². The summed E-state index contributed by atoms with van der Waals surface area (Å²) in [6.07, 6.45) is 6.85. The van der Waals surface area contributed by atoms with Crippen LogP contribution in [0.25, 0.3) is 0 Å². The van der Waals surface area contributed by atoms with Crippen molar-refractivity contribution >= 4 is 0 Å². The second-order valence-electron chi connectivity index (χ2n) is 6.78. The van der Waals surface area contributed by atoms with Gasteiger partial charge in [-0.3, -0.25) is 0 Å². The number of hydrogen-bond donors (Lipinski definition) is 1. The summed E-state index contributed by atoms with van der Waals surface area (Å²) < 4.78 is 5.45. The summed E-state index contributed by atoms with van der Waals surface area (Å²) in [6, 6.07) is 5.21. The Morgan fingerprint density at radius 2 is 2.11 bits per heavy atom. The average molecular weight is 263 g/mol. The van der Waals surface area contributed by atoms with Gasteiger partial charge in [-0.15, -0.1) is 0 Å². The highest BCUT2D eigenvalue weighted by Crippen LogP contribution is 2.33. The first-order chi connectivity index (χ1) is 9.06. The Morgan fingerprint density at radius 1 is 1.32 bits per heavy atom. The zero-order valence-electron chi connectivity index (χ0n) is 12.9. The van der Waals surface area contributed by atoms with E-state index in [0.717, 1.165) is 29.9 Å². The lowest BCUT2D eigenvalue weighted by Crippen LogP contribution is -2.47. The van der Waals surface area contributed by atoms with E-state index >= 15 is 0 Å². The third-order valence-electron chi connectivity index (χ3n) is 4.61. The summed E-state index contributed by atoms with van der Waals surface area (Å²) in [6.45, 7) is 9.40. The molecule has 0 radical (unpaired) electrons. The molecule has 0 aliphatic heterocycles. The molecule has 0 amide bonds. The predicted molar refractivity (Wildman–Crippen MR) is 80.1 cm³/mol. The number of rotatable bonds is 5. The molecule has 1 aromatic rings. The largest absolute Gasteiger partial charge is 0.469 e. The van der Waals surface area contributed by atoms with Gasteiger partial charge in [0.05, 0.1) is 6.26 Å². The van der Waals surface area contributed by atoms with Crippen LogP contribution in [0.5, 0.6) is 0 Å². The molecule has 0 saturated heterocycles. The average Bonchev–Trinajstić information content (AvgIpc) is 2.81. The summed E-state index contributed by atoms with van der Waals surface area (Å²) in [7, 11) is 0. The van der Waals surface area contributed by atoms with E-state index in [1.807, 2.05) is 6.07 Å². The van der Waals surface area contributed by atoms with E-state index in [-0.39, 0.29) is 0 Å². The first-order valence-electron chi connectivity index (χ1n) is 7.84. The van der Waals surface area contributed by atoms with Crippen molar-refractivity contribution in [2.75, 3.05) is 0 Å². The molecule has 1 heterocycles. The van der Waals surface area contributed by atoms with Gasteiger partial charge in [0.2, 0.25) is 0 Å². The first-order valence-corrected chi connectivity index (χ1v) is 7.84. The van der Waals surface area contributed by atoms with Gasteiger partial charge in [-0.1, -0.05) is 27.2 Å². The third-order valence-corrected chi connectivity index (χ3v) is 4.61. The Morgan fingerprint density at radius 3 is 2.74 bits per heavy atom. The smallest absolute Gasteiger partial charge is 0.105 e. The highest BCUT2D eigenvalue weighted by Gasteiger charge is 2.31. The SMILES string of the molecule is CC1CCC(C(C)C)C(NC(C)Cc2ccco2)C1. The molecular formula is C17H29NO. The standard InChI is InChI=1S/C17H29NO/c1-12(2)16-8-7-13(3)10-17(16)18-14(4)11-15-6-5-9-19-15/h5-6,9,12-14,16-18H,7-8,10-11H2,1-4H3. The van der Waals surface area contributed by atoms with Crippen molar-refractivity contribution in [1.82, 2.24) is 5.32 Å². The van der Waals surface area contributed by atoms with E-state index in [0.29, 0.717) is 12.1 Å². The van der Waals surface area contributed by atoms with Crippen LogP contribution in [0.4, 0.5) is 0 Å². The lowest BCUT2D eigenvalue weighted by Gasteiger charge is -2.39. The van der Waals surface area contributed by atoms with Gasteiger partial charge in [0.15, 0.2) is 0 Å². The van der Waals surface area contributed by atoms with Crippen molar-refractivity contribution in [2.45, 2.75) is 65.5 Å². The fourth-order valence-electron chi connectivity index (χ4n) is 3.55. The number of furan rings is 1. The van der Waals surface area contributed by atoms with Crippen molar-refractivity contribution in [3.63, 3.8) is 0 Å². The molecule has 4 atom stereocenters. The minimum absolute atomic E-state index is 0.489. The molecular weight excluding hydrogens is 234 g/mol. The van der Waals surface area contributed by atoms with Crippen molar-refractivity contribution < 1.29 is 4.42 Å². The van der Waals surface area contributed by atoms with Crippen LogP contribution in [0.2, 0.25) is 0 Å². The number of hydrogen-bond acceptors (Lipinski definition) is 2. The first kappa shape index (κ1) is 14.6. The molecule has 1 N–H and O–H groups in total. The summed E-state index contributed by atoms with van der Waals surface area (Å²) in [4.78, 5) is 0. The Labute approximate surface area is 118 Å². The molecule has 4 unspecified atom stereocenters. The fourth-order valence-corrected chi connectivity index (χ4v) is 3.55. The maximum Gasteiger partial charge on any atom is 0.105 e. The molecule has 2 nitrogen and oxygen atoms in total. The maximum atomic E-state index is 5.45. The van der Waals surface area contributed by atoms with Crippen molar-refractivity contribution in [1.29, 1.82) is 0 Å². The van der Waals surface area contributed by atoms with Crippen LogP contribution < -0.4 is 5.32 Å². The Hall–Kier alpha value is -0.760. The highest BCUT2D eigenvalue weighted by molar-refractivity contribution is 5.00. The van der Waals surface area contributed by atoms with E-state index in [9.17, 15) is 0 Å². The molecule has 0 aromatic carbocycles. The lowest BCUT2D eigenvalue weighted by atomic mass is 9.74. The van der Waals surface area contributed by atoms with Crippen LogP contribution in [0.15, 0.2) is 22.8 Å². The van der Waals surface area contributed by atoms with E-state index in [1.54, 1.807) is 6.26 Å². The number of nitrogens with one attached hydrogen (secondary N) is 1. The maximum absolute atomic E-state index is 5.45. The fraction of sp³-hybridized carbons (Fsp3) is 0.765. The molecule has 0 spiro atoms. The molecule has 1 aliphatic rings. The van der Waals surface area contributed by atoms with Gasteiger partial charge in [0.25, 0.3) is 0 Å². The zero-order valence-corrected chi connectivity index (χ0v) is 12.9. The van der Waals surface area contributed by atoms with Gasteiger partial charge >= 0.3 is 0 Å². The van der Waals surface area contributed by atoms with Crippen LogP contribution in [0.1, 0.15) is 52.7 Å². The normalized spacial score (nSPS) is 29.6. The third kappa shape index (κ3) is 4.10. The Bertz CT molecular complexity index is 357. The summed E-state index contributed by atoms with van der Waals surface area (Å²) >= 11 is 0. The Balaban J connectivity index is 1.90. The van der Waals surface area contributed by atoms with Crippen molar-refractivity contribution in [3.05, 3.63) is 24.2 Å². The van der Waals surface area contributed by atoms with Crippen LogP contribution in [-0.2, 0) is 6.42 Å². The van der Waals surface area contributed by atoms with Gasteiger partial charge < -0.3 is 9.73 Å². The molecule has 19 heavy (non-hydrogen) atoms. The van der Waals surface area contributed by atoms with Crippen molar-refractivity contribution in [2.24, 2.45) is 17.8 Å². The second kappa shape index (κ2) is 6.60. The molecule has 108 valence electrons. The van der Waals surface area contributed by atoms with Crippen LogP contribution in [0, 0.1) is 17.8 Å². The zero-order chi connectivity index (χ0) is 13.8. The highest BCUT2D eigenvalue weighted by atomic mass is 16.3. The Kier molecular flexibility index (Phi) is 5.09. The topological polar surface area (TPSA) is 25.2 Å². The summed E-state index contributed by atoms with van der Waals surface area (Å²) in [5.74, 6) is 3.56. The van der Waals surface area contributed by atoms with Crippen LogP contribution >= 0.6 is 0 Å². The van der Waals surface area contributed by atoms with Gasteiger partial charge in [0.1, 0.15) is 5.76 Å². The van der Waals surface area contributed by atoms with Gasteiger partial charge in [0, 0.05) is 18.5 Å². The molecule has 0 bridgehead atoms. The predicted octanol–water partition coefficient (Wildman–Crippen LogP) is 4.26. The van der Waals surface area contributed by atoms with E-state index < -0.39 is 0 Å². The quantitative estimate of drug-likeness (QED) is 0.858. The van der Waals surface area contributed by atoms with Crippen molar-refractivity contribution in [3.8, 4) is 0 Å². The van der Waals surface area contributed by atoms with Gasteiger partial charge in [-0.05, 0) is 49.7 Å². The minimum Gasteiger partial charge on any atom is -0.469 e. The molecule has 2 rings (SSSR count). The van der Waals surface area contributed by atoms with E-state index in [1.165, 1.54) is 19.3 Å². The van der Waals surface area contributed by atoms with Crippen LogP contribution in [-0.4, -0.2) is 12.1 Å². The summed E-state index contributed by atoms with van der Waals surface area (Å²) in [5.41, 5.74) is 0. The van der Waals surface area contributed by atoms with Gasteiger partial charge in [-0.2, -0.15) is 0 Å². The molecule has 1 aromatic heterocycles. The molecule has 2 heteroatoms. The molecule has 1 aliphatic carbocycles. The van der Waals surface area contributed by atoms with E-state index in [2.05, 4.69) is 39.1 Å². The molecule has 1 fully saturated rings. The lowest BCUT2D eigenvalue weighted by molar-refractivity contribution is 0.160. The molecule has 1 saturated carbocycles. The second-order valence-corrected chi connectivity index (χ2v) is 6.78. The monoisotopic (exact) mass is 263 g/mol. The summed E-state index contributed by atoms with van der Waals surface area (Å²) in [5, 5.41) is 3.86. The van der Waals surface area contributed by atoms with Gasteiger partial charge in [-0.25, -0.2) is 0 Å².